The highest BCUT2D eigenvalue weighted by atomic mass is 14.7. The summed E-state index contributed by atoms with van der Waals surface area (Å²) in [5.74, 6) is 0. The number of nitrogens with two attached hydrogens (primary N) is 1. The predicted molar refractivity (Wildman–Crippen MR) is 48.4 cm³/mol. The zero-order valence-electron chi connectivity index (χ0n) is 7.02. The molecule has 3 N–H and O–H groups in total. The van der Waals surface area contributed by atoms with Gasteiger partial charge in [-0.05, 0) is 25.5 Å². The summed E-state index contributed by atoms with van der Waals surface area (Å²) < 4.78 is 0. The van der Waals surface area contributed by atoms with Crippen LogP contribution in [0.4, 0.5) is 0 Å². The van der Waals surface area contributed by atoms with Gasteiger partial charge in [0.15, 0.2) is 0 Å². The van der Waals surface area contributed by atoms with Crippen molar-refractivity contribution in [3.8, 4) is 0 Å². The van der Waals surface area contributed by atoms with Gasteiger partial charge in [-0.25, -0.2) is 0 Å². The molecule has 0 aliphatic rings. The lowest BCUT2D eigenvalue weighted by molar-refractivity contribution is 1.19. The van der Waals surface area contributed by atoms with E-state index in [9.17, 15) is 0 Å². The minimum atomic E-state index is 0.601. The molecule has 1 aromatic rings. The summed E-state index contributed by atoms with van der Waals surface area (Å²) >= 11 is 0. The number of aryl methyl sites for hydroxylation is 2. The summed E-state index contributed by atoms with van der Waals surface area (Å²) in [4.78, 5) is 3.22. The molecule has 2 nitrogen and oxygen atoms in total. The minimum Gasteiger partial charge on any atom is -0.362 e. The number of aromatic amines is 1. The van der Waals surface area contributed by atoms with Crippen molar-refractivity contribution in [3.63, 3.8) is 0 Å². The highest BCUT2D eigenvalue weighted by Crippen LogP contribution is 2.10. The first-order valence-corrected chi connectivity index (χ1v) is 3.77. The zero-order chi connectivity index (χ0) is 8.27. The smallest absolute Gasteiger partial charge is 0.0191 e. The maximum atomic E-state index is 5.34. The van der Waals surface area contributed by atoms with E-state index >= 15 is 0 Å². The minimum absolute atomic E-state index is 0.601. The first kappa shape index (κ1) is 8.08. The Hall–Kier alpha value is -1.02. The van der Waals surface area contributed by atoms with Crippen molar-refractivity contribution >= 4 is 6.08 Å². The van der Waals surface area contributed by atoms with Gasteiger partial charge in [-0.1, -0.05) is 12.2 Å². The first-order valence-electron chi connectivity index (χ1n) is 3.77. The number of aromatic nitrogens is 1. The van der Waals surface area contributed by atoms with Gasteiger partial charge in [0.25, 0.3) is 0 Å². The fourth-order valence-electron chi connectivity index (χ4n) is 1.11. The highest BCUT2D eigenvalue weighted by Gasteiger charge is 1.95. The Morgan fingerprint density at radius 2 is 2.27 bits per heavy atom. The van der Waals surface area contributed by atoms with Gasteiger partial charge in [0.1, 0.15) is 0 Å². The fourth-order valence-corrected chi connectivity index (χ4v) is 1.11. The van der Waals surface area contributed by atoms with Crippen molar-refractivity contribution in [1.82, 2.24) is 4.98 Å². The van der Waals surface area contributed by atoms with Crippen LogP contribution in [0.5, 0.6) is 0 Å². The van der Waals surface area contributed by atoms with E-state index in [4.69, 9.17) is 5.73 Å². The molecule has 0 aliphatic heterocycles. The molecule has 1 heterocycles. The third kappa shape index (κ3) is 1.95. The van der Waals surface area contributed by atoms with Crippen LogP contribution >= 0.6 is 0 Å². The average Bonchev–Trinajstić information content (AvgIpc) is 2.26. The van der Waals surface area contributed by atoms with Crippen LogP contribution in [-0.2, 0) is 0 Å². The Morgan fingerprint density at radius 3 is 2.73 bits per heavy atom. The van der Waals surface area contributed by atoms with Gasteiger partial charge in [0.05, 0.1) is 0 Å². The molecule has 0 bridgehead atoms. The third-order valence-corrected chi connectivity index (χ3v) is 1.62. The van der Waals surface area contributed by atoms with Crippen LogP contribution in [0.2, 0.25) is 0 Å². The second kappa shape index (κ2) is 3.39. The maximum absolute atomic E-state index is 5.34. The molecule has 1 rings (SSSR count). The van der Waals surface area contributed by atoms with Gasteiger partial charge < -0.3 is 10.7 Å². The van der Waals surface area contributed by atoms with Gasteiger partial charge >= 0.3 is 0 Å². The number of H-pyrrole nitrogens is 1. The molecule has 0 fully saturated rings. The summed E-state index contributed by atoms with van der Waals surface area (Å²) in [7, 11) is 0. The van der Waals surface area contributed by atoms with Crippen LogP contribution in [0.1, 0.15) is 17.0 Å². The first-order chi connectivity index (χ1) is 5.24. The Labute approximate surface area is 67.1 Å². The van der Waals surface area contributed by atoms with E-state index < -0.39 is 0 Å². The highest BCUT2D eigenvalue weighted by molar-refractivity contribution is 5.53. The lowest BCUT2D eigenvalue weighted by Crippen LogP contribution is -1.91. The molecule has 0 saturated heterocycles. The van der Waals surface area contributed by atoms with Gasteiger partial charge in [-0.15, -0.1) is 0 Å². The molecule has 0 saturated carbocycles. The molecule has 11 heavy (non-hydrogen) atoms. The van der Waals surface area contributed by atoms with E-state index in [2.05, 4.69) is 18.0 Å². The molecule has 0 radical (unpaired) electrons. The molecular weight excluding hydrogens is 136 g/mol. The molecule has 0 atom stereocenters. The van der Waals surface area contributed by atoms with Crippen LogP contribution in [0.15, 0.2) is 12.1 Å². The SMILES string of the molecule is Cc1cc(/C=C/CN)c(C)[nH]1. The summed E-state index contributed by atoms with van der Waals surface area (Å²) in [6.45, 7) is 4.71. The Bertz CT molecular complexity index is 259. The van der Waals surface area contributed by atoms with Crippen molar-refractivity contribution in [1.29, 1.82) is 0 Å². The lowest BCUT2D eigenvalue weighted by Gasteiger charge is -1.87. The molecule has 0 spiro atoms. The van der Waals surface area contributed by atoms with Gasteiger partial charge in [-0.2, -0.15) is 0 Å². The van der Waals surface area contributed by atoms with E-state index in [1.54, 1.807) is 0 Å². The van der Waals surface area contributed by atoms with E-state index in [0.29, 0.717) is 6.54 Å². The Morgan fingerprint density at radius 1 is 1.55 bits per heavy atom. The van der Waals surface area contributed by atoms with E-state index in [1.807, 2.05) is 19.1 Å². The summed E-state index contributed by atoms with van der Waals surface area (Å²) in [5, 5.41) is 0. The predicted octanol–water partition coefficient (Wildman–Crippen LogP) is 1.60. The number of rotatable bonds is 2. The molecule has 0 aromatic carbocycles. The van der Waals surface area contributed by atoms with Crippen molar-refractivity contribution in [2.24, 2.45) is 5.73 Å². The largest absolute Gasteiger partial charge is 0.362 e. The van der Waals surface area contributed by atoms with Crippen molar-refractivity contribution in [2.75, 3.05) is 6.54 Å². The molecule has 0 amide bonds. The van der Waals surface area contributed by atoms with Crippen LogP contribution < -0.4 is 5.73 Å². The van der Waals surface area contributed by atoms with E-state index in [-0.39, 0.29) is 0 Å². The summed E-state index contributed by atoms with van der Waals surface area (Å²) in [6.07, 6.45) is 3.99. The molecule has 1 aromatic heterocycles. The monoisotopic (exact) mass is 150 g/mol. The second-order valence-electron chi connectivity index (χ2n) is 2.67. The number of nitrogens with one attached hydrogen (secondary N) is 1. The van der Waals surface area contributed by atoms with E-state index in [0.717, 1.165) is 0 Å². The summed E-state index contributed by atoms with van der Waals surface area (Å²) in [5.41, 5.74) is 8.96. The third-order valence-electron chi connectivity index (χ3n) is 1.62. The normalized spacial score (nSPS) is 11.2. The Kier molecular flexibility index (Phi) is 2.49. The lowest BCUT2D eigenvalue weighted by atomic mass is 10.2. The van der Waals surface area contributed by atoms with Crippen LogP contribution in [0.25, 0.3) is 6.08 Å². The Balaban J connectivity index is 2.85. The van der Waals surface area contributed by atoms with Crippen molar-refractivity contribution in [3.05, 3.63) is 29.1 Å². The van der Waals surface area contributed by atoms with Crippen LogP contribution in [0.3, 0.4) is 0 Å². The molecule has 0 aliphatic carbocycles. The number of hydrogen-bond acceptors (Lipinski definition) is 1. The fraction of sp³-hybridized carbons (Fsp3) is 0.333. The van der Waals surface area contributed by atoms with Crippen molar-refractivity contribution in [2.45, 2.75) is 13.8 Å². The van der Waals surface area contributed by atoms with Gasteiger partial charge in [-0.3, -0.25) is 0 Å². The molecule has 60 valence electrons. The quantitative estimate of drug-likeness (QED) is 0.660. The zero-order valence-corrected chi connectivity index (χ0v) is 7.02. The second-order valence-corrected chi connectivity index (χ2v) is 2.67. The number of hydrogen-bond donors (Lipinski definition) is 2. The average molecular weight is 150 g/mol. The van der Waals surface area contributed by atoms with Crippen LogP contribution in [0, 0.1) is 13.8 Å². The van der Waals surface area contributed by atoms with Gasteiger partial charge in [0.2, 0.25) is 0 Å². The standard InChI is InChI=1S/C9H14N2/c1-7-6-9(4-3-5-10)8(2)11-7/h3-4,6,11H,5,10H2,1-2H3/b4-3+. The van der Waals surface area contributed by atoms with E-state index in [1.165, 1.54) is 17.0 Å². The topological polar surface area (TPSA) is 41.8 Å². The maximum Gasteiger partial charge on any atom is 0.0191 e. The summed E-state index contributed by atoms with van der Waals surface area (Å²) in [6, 6.07) is 2.11. The van der Waals surface area contributed by atoms with Gasteiger partial charge in [0, 0.05) is 17.9 Å². The molecule has 0 unspecified atom stereocenters. The molecule has 2 heteroatoms. The van der Waals surface area contributed by atoms with Crippen molar-refractivity contribution < 1.29 is 0 Å². The molecular formula is C9H14N2. The van der Waals surface area contributed by atoms with Crippen LogP contribution in [-0.4, -0.2) is 11.5 Å².